The maximum absolute atomic E-state index is 12.9. The van der Waals surface area contributed by atoms with Crippen molar-refractivity contribution in [3.63, 3.8) is 0 Å². The highest BCUT2D eigenvalue weighted by molar-refractivity contribution is 5.86. The zero-order chi connectivity index (χ0) is 15.5. The minimum Gasteiger partial charge on any atom is -0.358 e. The Balaban J connectivity index is 1.63. The molecular weight excluding hydrogens is 281 g/mol. The van der Waals surface area contributed by atoms with Crippen LogP contribution >= 0.6 is 0 Å². The monoisotopic (exact) mass is 299 g/mol. The zero-order valence-corrected chi connectivity index (χ0v) is 12.4. The van der Waals surface area contributed by atoms with Crippen LogP contribution in [0.5, 0.6) is 0 Å². The van der Waals surface area contributed by atoms with Gasteiger partial charge in [-0.3, -0.25) is 4.79 Å². The van der Waals surface area contributed by atoms with Gasteiger partial charge in [0, 0.05) is 19.3 Å². The van der Waals surface area contributed by atoms with Crippen molar-refractivity contribution in [2.24, 2.45) is 0 Å². The normalized spacial score (nSPS) is 17.8. The summed E-state index contributed by atoms with van der Waals surface area (Å²) in [4.78, 5) is 18.5. The minimum absolute atomic E-state index is 0.0626. The number of nitrogens with zero attached hydrogens (tertiary/aromatic N) is 2. The second kappa shape index (κ2) is 6.13. The van der Waals surface area contributed by atoms with Crippen molar-refractivity contribution in [3.8, 4) is 0 Å². The molecule has 0 aliphatic carbocycles. The number of aromatic nitrogens is 1. The first-order valence-corrected chi connectivity index (χ1v) is 7.34. The molecule has 1 aromatic carbocycles. The molecule has 1 aliphatic rings. The molecule has 0 saturated carbocycles. The molecule has 1 aliphatic heterocycles. The summed E-state index contributed by atoms with van der Waals surface area (Å²) in [5, 5.41) is 3.19. The molecular formula is C17H18FN3O. The van der Waals surface area contributed by atoms with Crippen LogP contribution in [0.4, 0.5) is 10.2 Å². The van der Waals surface area contributed by atoms with Gasteiger partial charge in [-0.05, 0) is 48.7 Å². The van der Waals surface area contributed by atoms with Crippen molar-refractivity contribution < 1.29 is 9.18 Å². The smallest absolute Gasteiger partial charge is 0.245 e. The van der Waals surface area contributed by atoms with Crippen LogP contribution in [-0.4, -0.2) is 28.4 Å². The molecule has 1 amide bonds. The molecule has 1 atom stereocenters. The van der Waals surface area contributed by atoms with Crippen molar-refractivity contribution in [1.29, 1.82) is 0 Å². The summed E-state index contributed by atoms with van der Waals surface area (Å²) in [7, 11) is 0. The largest absolute Gasteiger partial charge is 0.358 e. The fourth-order valence-corrected chi connectivity index (χ4v) is 2.63. The van der Waals surface area contributed by atoms with Gasteiger partial charge in [0.1, 0.15) is 17.7 Å². The first-order valence-electron chi connectivity index (χ1n) is 7.34. The summed E-state index contributed by atoms with van der Waals surface area (Å²) in [6.45, 7) is 3.20. The Labute approximate surface area is 129 Å². The van der Waals surface area contributed by atoms with Gasteiger partial charge in [0.25, 0.3) is 0 Å². The van der Waals surface area contributed by atoms with Gasteiger partial charge < -0.3 is 10.2 Å². The summed E-state index contributed by atoms with van der Waals surface area (Å²) < 4.78 is 12.9. The Hall–Kier alpha value is -2.43. The lowest BCUT2D eigenvalue weighted by Gasteiger charge is -2.17. The molecule has 4 nitrogen and oxygen atoms in total. The third-order valence-corrected chi connectivity index (χ3v) is 3.82. The summed E-state index contributed by atoms with van der Waals surface area (Å²) in [5.41, 5.74) is 2.04. The lowest BCUT2D eigenvalue weighted by atomic mass is 10.2. The number of carbonyl (C=O) groups excluding carboxylic acids is 1. The summed E-state index contributed by atoms with van der Waals surface area (Å²) >= 11 is 0. The molecule has 1 saturated heterocycles. The van der Waals surface area contributed by atoms with E-state index in [1.165, 1.54) is 12.1 Å². The number of anilines is 1. The summed E-state index contributed by atoms with van der Waals surface area (Å²) in [6, 6.07) is 9.87. The molecule has 0 spiro atoms. The molecule has 2 aromatic rings. The van der Waals surface area contributed by atoms with E-state index in [1.807, 2.05) is 19.1 Å². The Morgan fingerprint density at radius 2 is 2.09 bits per heavy atom. The van der Waals surface area contributed by atoms with Crippen molar-refractivity contribution in [2.45, 2.75) is 25.9 Å². The van der Waals surface area contributed by atoms with Crippen molar-refractivity contribution in [3.05, 3.63) is 59.5 Å². The number of rotatable bonds is 4. The molecule has 5 heteroatoms. The third kappa shape index (κ3) is 3.24. The number of benzene rings is 1. The Kier molecular flexibility index (Phi) is 4.04. The molecule has 0 bridgehead atoms. The molecule has 2 heterocycles. The first-order chi connectivity index (χ1) is 10.6. The second-order valence-electron chi connectivity index (χ2n) is 5.59. The Morgan fingerprint density at radius 1 is 1.32 bits per heavy atom. The number of nitrogens with one attached hydrogen (secondary N) is 1. The highest BCUT2D eigenvalue weighted by Crippen LogP contribution is 2.19. The Morgan fingerprint density at radius 3 is 2.82 bits per heavy atom. The topological polar surface area (TPSA) is 45.2 Å². The number of halogens is 1. The molecule has 3 rings (SSSR count). The summed E-state index contributed by atoms with van der Waals surface area (Å²) in [6.07, 6.45) is 2.48. The van der Waals surface area contributed by atoms with Gasteiger partial charge in [0.15, 0.2) is 0 Å². The predicted molar refractivity (Wildman–Crippen MR) is 82.8 cm³/mol. The van der Waals surface area contributed by atoms with Crippen LogP contribution in [0.2, 0.25) is 0 Å². The van der Waals surface area contributed by atoms with Gasteiger partial charge >= 0.3 is 0 Å². The maximum Gasteiger partial charge on any atom is 0.245 e. The maximum atomic E-state index is 12.9. The minimum atomic E-state index is -0.262. The van der Waals surface area contributed by atoms with Gasteiger partial charge in [-0.2, -0.15) is 0 Å². The lowest BCUT2D eigenvalue weighted by molar-refractivity contribution is -0.128. The fourth-order valence-electron chi connectivity index (χ4n) is 2.63. The molecule has 22 heavy (non-hydrogen) atoms. The SMILES string of the molecule is Cc1ccnc(NC2CCN(Cc3ccc(F)cc3)C2=O)c1. The van der Waals surface area contributed by atoms with E-state index < -0.39 is 0 Å². The van der Waals surface area contributed by atoms with Gasteiger partial charge in [-0.1, -0.05) is 12.1 Å². The number of carbonyl (C=O) groups is 1. The lowest BCUT2D eigenvalue weighted by Crippen LogP contribution is -2.33. The van der Waals surface area contributed by atoms with Gasteiger partial charge in [0.2, 0.25) is 5.91 Å². The molecule has 1 N–H and O–H groups in total. The van der Waals surface area contributed by atoms with Gasteiger partial charge in [-0.15, -0.1) is 0 Å². The van der Waals surface area contributed by atoms with E-state index in [0.29, 0.717) is 13.1 Å². The summed E-state index contributed by atoms with van der Waals surface area (Å²) in [5.74, 6) is 0.524. The number of pyridine rings is 1. The zero-order valence-electron chi connectivity index (χ0n) is 12.4. The van der Waals surface area contributed by atoms with E-state index in [4.69, 9.17) is 0 Å². The van der Waals surface area contributed by atoms with Crippen LogP contribution < -0.4 is 5.32 Å². The first kappa shape index (κ1) is 14.5. The van der Waals surface area contributed by atoms with Crippen LogP contribution in [0, 0.1) is 12.7 Å². The molecule has 114 valence electrons. The number of amides is 1. The number of likely N-dealkylation sites (tertiary alicyclic amines) is 1. The van der Waals surface area contributed by atoms with E-state index in [0.717, 1.165) is 23.4 Å². The van der Waals surface area contributed by atoms with Crippen LogP contribution in [0.15, 0.2) is 42.6 Å². The van der Waals surface area contributed by atoms with Gasteiger partial charge in [-0.25, -0.2) is 9.37 Å². The quantitative estimate of drug-likeness (QED) is 0.944. The number of hydrogen-bond donors (Lipinski definition) is 1. The molecule has 0 radical (unpaired) electrons. The number of aryl methyl sites for hydroxylation is 1. The van der Waals surface area contributed by atoms with Crippen molar-refractivity contribution in [1.82, 2.24) is 9.88 Å². The highest BCUT2D eigenvalue weighted by Gasteiger charge is 2.31. The van der Waals surface area contributed by atoms with Crippen LogP contribution in [-0.2, 0) is 11.3 Å². The third-order valence-electron chi connectivity index (χ3n) is 3.82. The van der Waals surface area contributed by atoms with E-state index in [1.54, 1.807) is 23.2 Å². The standard InChI is InChI=1S/C17H18FN3O/c1-12-6-8-19-16(10-12)20-15-7-9-21(17(15)22)11-13-2-4-14(18)5-3-13/h2-6,8,10,15H,7,9,11H2,1H3,(H,19,20). The molecule has 1 fully saturated rings. The second-order valence-corrected chi connectivity index (χ2v) is 5.59. The van der Waals surface area contributed by atoms with Crippen LogP contribution in [0.25, 0.3) is 0 Å². The van der Waals surface area contributed by atoms with E-state index >= 15 is 0 Å². The average Bonchev–Trinajstić information content (AvgIpc) is 2.83. The fraction of sp³-hybridized carbons (Fsp3) is 0.294. The van der Waals surface area contributed by atoms with Crippen molar-refractivity contribution in [2.75, 3.05) is 11.9 Å². The van der Waals surface area contributed by atoms with Gasteiger partial charge in [0.05, 0.1) is 0 Å². The van der Waals surface area contributed by atoms with E-state index in [2.05, 4.69) is 10.3 Å². The van der Waals surface area contributed by atoms with Crippen molar-refractivity contribution >= 4 is 11.7 Å². The van der Waals surface area contributed by atoms with E-state index in [-0.39, 0.29) is 17.8 Å². The molecule has 1 aromatic heterocycles. The average molecular weight is 299 g/mol. The highest BCUT2D eigenvalue weighted by atomic mass is 19.1. The molecule has 1 unspecified atom stereocenters. The van der Waals surface area contributed by atoms with Crippen LogP contribution in [0.3, 0.4) is 0 Å². The Bertz CT molecular complexity index is 672. The number of hydrogen-bond acceptors (Lipinski definition) is 3. The van der Waals surface area contributed by atoms with Crippen LogP contribution in [0.1, 0.15) is 17.5 Å². The van der Waals surface area contributed by atoms with E-state index in [9.17, 15) is 9.18 Å². The predicted octanol–water partition coefficient (Wildman–Crippen LogP) is 2.74.